The number of anilines is 1. The van der Waals surface area contributed by atoms with Gasteiger partial charge in [0.2, 0.25) is 5.95 Å². The summed E-state index contributed by atoms with van der Waals surface area (Å²) in [4.78, 5) is 9.33. The Morgan fingerprint density at radius 3 is 2.53 bits per heavy atom. The third-order valence-electron chi connectivity index (χ3n) is 5.20. The lowest BCUT2D eigenvalue weighted by molar-refractivity contribution is 0.284. The number of nitrogens with one attached hydrogen (secondary N) is 1. The van der Waals surface area contributed by atoms with Crippen LogP contribution in [0, 0.1) is 6.92 Å². The molecule has 0 amide bonds. The third-order valence-corrected chi connectivity index (χ3v) is 5.20. The Balaban J connectivity index is 1.37. The van der Waals surface area contributed by atoms with Crippen molar-refractivity contribution in [3.63, 3.8) is 0 Å². The zero-order valence-electron chi connectivity index (χ0n) is 17.9. The van der Waals surface area contributed by atoms with Gasteiger partial charge in [-0.1, -0.05) is 48.5 Å². The van der Waals surface area contributed by atoms with Crippen molar-refractivity contribution in [2.75, 3.05) is 12.4 Å². The molecule has 0 radical (unpaired) electrons. The van der Waals surface area contributed by atoms with Gasteiger partial charge in [-0.25, -0.2) is 9.97 Å². The largest absolute Gasteiger partial charge is 0.493 e. The van der Waals surface area contributed by atoms with Crippen molar-refractivity contribution in [1.82, 2.24) is 19.6 Å². The summed E-state index contributed by atoms with van der Waals surface area (Å²) in [7, 11) is 1.65. The van der Waals surface area contributed by atoms with Crippen LogP contribution < -0.4 is 14.8 Å². The molecule has 2 heterocycles. The number of methoxy groups -OCH3 is 1. The van der Waals surface area contributed by atoms with Gasteiger partial charge in [-0.05, 0) is 42.3 Å². The van der Waals surface area contributed by atoms with Crippen molar-refractivity contribution in [3.05, 3.63) is 89.7 Å². The number of hydrogen-bond donors (Lipinski definition) is 1. The SMILES string of the molecule is COc1cc(CNc2nc3ccccc3c3nc(C)nn23)ccc1OCc1ccccc1. The van der Waals surface area contributed by atoms with Gasteiger partial charge in [0.15, 0.2) is 17.1 Å². The molecule has 0 saturated carbocycles. The highest BCUT2D eigenvalue weighted by molar-refractivity contribution is 5.92. The summed E-state index contributed by atoms with van der Waals surface area (Å²) in [6.07, 6.45) is 0. The second-order valence-electron chi connectivity index (χ2n) is 7.46. The maximum atomic E-state index is 5.96. The van der Waals surface area contributed by atoms with Gasteiger partial charge in [0, 0.05) is 11.9 Å². The monoisotopic (exact) mass is 425 g/mol. The highest BCUT2D eigenvalue weighted by Crippen LogP contribution is 2.29. The Morgan fingerprint density at radius 2 is 1.69 bits per heavy atom. The van der Waals surface area contributed by atoms with Crippen LogP contribution in [0.2, 0.25) is 0 Å². The minimum Gasteiger partial charge on any atom is -0.493 e. The molecule has 0 atom stereocenters. The summed E-state index contributed by atoms with van der Waals surface area (Å²) in [5.74, 6) is 2.74. The summed E-state index contributed by atoms with van der Waals surface area (Å²) < 4.78 is 13.3. The van der Waals surface area contributed by atoms with E-state index in [0.29, 0.717) is 36.4 Å². The average molecular weight is 425 g/mol. The maximum Gasteiger partial charge on any atom is 0.226 e. The van der Waals surface area contributed by atoms with E-state index in [9.17, 15) is 0 Å². The van der Waals surface area contributed by atoms with Crippen LogP contribution in [-0.2, 0) is 13.2 Å². The molecule has 0 fully saturated rings. The number of ether oxygens (including phenoxy) is 2. The molecule has 2 aromatic heterocycles. The number of benzene rings is 3. The van der Waals surface area contributed by atoms with E-state index in [4.69, 9.17) is 14.5 Å². The molecule has 32 heavy (non-hydrogen) atoms. The van der Waals surface area contributed by atoms with E-state index in [2.05, 4.69) is 15.4 Å². The number of aromatic nitrogens is 4. The van der Waals surface area contributed by atoms with Gasteiger partial charge in [-0.2, -0.15) is 4.52 Å². The maximum absolute atomic E-state index is 5.96. The first-order chi connectivity index (χ1) is 15.7. The van der Waals surface area contributed by atoms with E-state index in [1.807, 2.05) is 79.7 Å². The van der Waals surface area contributed by atoms with Crippen LogP contribution in [0.4, 0.5) is 5.95 Å². The molecule has 0 aliphatic heterocycles. The molecule has 1 N–H and O–H groups in total. The van der Waals surface area contributed by atoms with Gasteiger partial charge >= 0.3 is 0 Å². The Morgan fingerprint density at radius 1 is 0.875 bits per heavy atom. The minimum absolute atomic E-state index is 0.486. The number of nitrogens with zero attached hydrogens (tertiary/aromatic N) is 4. The topological polar surface area (TPSA) is 73.6 Å². The van der Waals surface area contributed by atoms with E-state index in [1.54, 1.807) is 11.6 Å². The van der Waals surface area contributed by atoms with Crippen LogP contribution in [0.1, 0.15) is 17.0 Å². The van der Waals surface area contributed by atoms with Crippen LogP contribution in [-0.4, -0.2) is 26.7 Å². The van der Waals surface area contributed by atoms with Crippen molar-refractivity contribution in [1.29, 1.82) is 0 Å². The van der Waals surface area contributed by atoms with Gasteiger partial charge in [0.25, 0.3) is 0 Å². The molecule has 0 aliphatic rings. The van der Waals surface area contributed by atoms with Crippen molar-refractivity contribution in [2.45, 2.75) is 20.1 Å². The zero-order chi connectivity index (χ0) is 21.9. The molecule has 0 saturated heterocycles. The second-order valence-corrected chi connectivity index (χ2v) is 7.46. The van der Waals surface area contributed by atoms with E-state index in [-0.39, 0.29) is 0 Å². The van der Waals surface area contributed by atoms with Crippen LogP contribution in [0.25, 0.3) is 16.6 Å². The third kappa shape index (κ3) is 3.92. The van der Waals surface area contributed by atoms with Gasteiger partial charge in [0.1, 0.15) is 12.4 Å². The molecule has 0 aliphatic carbocycles. The number of rotatable bonds is 7. The summed E-state index contributed by atoms with van der Waals surface area (Å²) in [5.41, 5.74) is 3.80. The normalized spacial score (nSPS) is 11.1. The first kappa shape index (κ1) is 19.8. The Labute approximate surface area is 185 Å². The van der Waals surface area contributed by atoms with Crippen LogP contribution in [0.5, 0.6) is 11.5 Å². The highest BCUT2D eigenvalue weighted by Gasteiger charge is 2.12. The Bertz CT molecular complexity index is 1380. The van der Waals surface area contributed by atoms with Crippen LogP contribution in [0.15, 0.2) is 72.8 Å². The van der Waals surface area contributed by atoms with Gasteiger partial charge in [0.05, 0.1) is 12.6 Å². The van der Waals surface area contributed by atoms with Gasteiger partial charge in [-0.3, -0.25) is 0 Å². The smallest absolute Gasteiger partial charge is 0.226 e. The number of hydrogen-bond acceptors (Lipinski definition) is 6. The molecule has 160 valence electrons. The molecule has 0 unspecified atom stereocenters. The van der Waals surface area contributed by atoms with Gasteiger partial charge in [-0.15, -0.1) is 5.10 Å². The quantitative estimate of drug-likeness (QED) is 0.404. The molecule has 0 bridgehead atoms. The van der Waals surface area contributed by atoms with E-state index in [0.717, 1.165) is 27.7 Å². The lowest BCUT2D eigenvalue weighted by atomic mass is 10.2. The zero-order valence-corrected chi connectivity index (χ0v) is 17.9. The van der Waals surface area contributed by atoms with Crippen molar-refractivity contribution >= 4 is 22.5 Å². The highest BCUT2D eigenvalue weighted by atomic mass is 16.5. The molecular weight excluding hydrogens is 402 g/mol. The summed E-state index contributed by atoms with van der Waals surface area (Å²) >= 11 is 0. The van der Waals surface area contributed by atoms with Crippen molar-refractivity contribution in [3.8, 4) is 11.5 Å². The van der Waals surface area contributed by atoms with Crippen LogP contribution >= 0.6 is 0 Å². The average Bonchev–Trinajstić information content (AvgIpc) is 3.24. The predicted octanol–water partition coefficient (Wildman–Crippen LogP) is 4.79. The van der Waals surface area contributed by atoms with E-state index >= 15 is 0 Å². The molecule has 5 aromatic rings. The standard InChI is InChI=1S/C25H23N5O2/c1-17-27-24-20-10-6-7-11-21(20)28-25(30(24)29-17)26-15-19-12-13-22(23(14-19)31-2)32-16-18-8-4-3-5-9-18/h3-14H,15-16H2,1-2H3,(H,26,28). The van der Waals surface area contributed by atoms with Crippen molar-refractivity contribution < 1.29 is 9.47 Å². The minimum atomic E-state index is 0.486. The number of para-hydroxylation sites is 1. The second kappa shape index (κ2) is 8.55. The molecule has 5 rings (SSSR count). The summed E-state index contributed by atoms with van der Waals surface area (Å²) in [6.45, 7) is 2.92. The van der Waals surface area contributed by atoms with E-state index < -0.39 is 0 Å². The fraction of sp³-hybridized carbons (Fsp3) is 0.160. The first-order valence-corrected chi connectivity index (χ1v) is 10.4. The van der Waals surface area contributed by atoms with Crippen LogP contribution in [0.3, 0.4) is 0 Å². The van der Waals surface area contributed by atoms with Crippen molar-refractivity contribution in [2.24, 2.45) is 0 Å². The fourth-order valence-electron chi connectivity index (χ4n) is 3.63. The molecule has 3 aromatic carbocycles. The Hall–Kier alpha value is -4.13. The lowest BCUT2D eigenvalue weighted by Crippen LogP contribution is -2.08. The molecule has 7 heteroatoms. The van der Waals surface area contributed by atoms with E-state index in [1.165, 1.54) is 0 Å². The predicted molar refractivity (Wildman–Crippen MR) is 124 cm³/mol. The number of aryl methyl sites for hydroxylation is 1. The molecular formula is C25H23N5O2. The number of fused-ring (bicyclic) bond motifs is 3. The van der Waals surface area contributed by atoms with Gasteiger partial charge < -0.3 is 14.8 Å². The summed E-state index contributed by atoms with van der Waals surface area (Å²) in [5, 5.41) is 8.88. The Kier molecular flexibility index (Phi) is 5.29. The fourth-order valence-corrected chi connectivity index (χ4v) is 3.63. The molecule has 7 nitrogen and oxygen atoms in total. The summed E-state index contributed by atoms with van der Waals surface area (Å²) in [6, 6.07) is 23.9. The molecule has 0 spiro atoms. The lowest BCUT2D eigenvalue weighted by Gasteiger charge is -2.13. The first-order valence-electron chi connectivity index (χ1n) is 10.4.